The summed E-state index contributed by atoms with van der Waals surface area (Å²) in [6.07, 6.45) is 4.02. The molecule has 0 radical (unpaired) electrons. The van der Waals surface area contributed by atoms with E-state index in [4.69, 9.17) is 27.7 Å². The van der Waals surface area contributed by atoms with Crippen molar-refractivity contribution in [3.8, 4) is 22.6 Å². The molecule has 0 spiro atoms. The SMILES string of the molecule is OC(C1=CNCC=C1)c1c(-c2ccc(Cl)cc2Cl)noc1-c1ccccc1N(F)F. The molecule has 0 saturated heterocycles. The van der Waals surface area contributed by atoms with Gasteiger partial charge in [0.2, 0.25) is 0 Å². The maximum absolute atomic E-state index is 13.5. The van der Waals surface area contributed by atoms with Gasteiger partial charge in [0, 0.05) is 34.5 Å². The van der Waals surface area contributed by atoms with Crippen molar-refractivity contribution in [2.45, 2.75) is 6.10 Å². The fourth-order valence-electron chi connectivity index (χ4n) is 3.26. The summed E-state index contributed by atoms with van der Waals surface area (Å²) in [7, 11) is 0. The first kappa shape index (κ1) is 20.4. The lowest BCUT2D eigenvalue weighted by molar-refractivity contribution is 0.218. The van der Waals surface area contributed by atoms with Crippen LogP contribution in [0.25, 0.3) is 22.6 Å². The first-order valence-corrected chi connectivity index (χ1v) is 9.67. The van der Waals surface area contributed by atoms with Gasteiger partial charge in [-0.3, -0.25) is 0 Å². The molecule has 0 saturated carbocycles. The topological polar surface area (TPSA) is 61.5 Å². The van der Waals surface area contributed by atoms with Crippen LogP contribution < -0.4 is 10.7 Å². The van der Waals surface area contributed by atoms with Gasteiger partial charge in [0.15, 0.2) is 5.76 Å². The molecule has 2 heterocycles. The van der Waals surface area contributed by atoms with Crippen LogP contribution in [0.5, 0.6) is 0 Å². The van der Waals surface area contributed by atoms with Crippen LogP contribution in [0.3, 0.4) is 0 Å². The number of hydrogen-bond acceptors (Lipinski definition) is 5. The minimum atomic E-state index is -1.21. The molecule has 1 unspecified atom stereocenters. The minimum Gasteiger partial charge on any atom is -0.387 e. The smallest absolute Gasteiger partial charge is 0.175 e. The second-order valence-corrected chi connectivity index (χ2v) is 7.35. The predicted molar refractivity (Wildman–Crippen MR) is 112 cm³/mol. The Morgan fingerprint density at radius 1 is 1.13 bits per heavy atom. The molecule has 2 aromatic carbocycles. The number of para-hydroxylation sites is 1. The van der Waals surface area contributed by atoms with Crippen LogP contribution in [-0.4, -0.2) is 16.8 Å². The molecule has 5 nitrogen and oxygen atoms in total. The van der Waals surface area contributed by atoms with Crippen LogP contribution >= 0.6 is 23.2 Å². The molecule has 9 heteroatoms. The molecule has 2 N–H and O–H groups in total. The van der Waals surface area contributed by atoms with Crippen LogP contribution in [0.15, 0.2) is 70.9 Å². The van der Waals surface area contributed by atoms with Crippen LogP contribution in [-0.2, 0) is 0 Å². The Balaban J connectivity index is 1.95. The summed E-state index contributed by atoms with van der Waals surface area (Å²) in [6.45, 7) is 0.615. The minimum absolute atomic E-state index is 0.0132. The van der Waals surface area contributed by atoms with Gasteiger partial charge in [-0.2, -0.15) is 0 Å². The molecule has 154 valence electrons. The van der Waals surface area contributed by atoms with Gasteiger partial charge in [0.05, 0.1) is 10.6 Å². The van der Waals surface area contributed by atoms with Crippen LogP contribution in [0.2, 0.25) is 10.0 Å². The normalized spacial score (nSPS) is 14.2. The average Bonchev–Trinajstić information content (AvgIpc) is 3.18. The van der Waals surface area contributed by atoms with E-state index in [9.17, 15) is 14.1 Å². The number of hydrogen-bond donors (Lipinski definition) is 2. The van der Waals surface area contributed by atoms with Crippen molar-refractivity contribution >= 4 is 28.9 Å². The molecule has 0 aliphatic carbocycles. The highest BCUT2D eigenvalue weighted by molar-refractivity contribution is 6.36. The zero-order chi connectivity index (χ0) is 21.3. The fraction of sp³-hybridized carbons (Fsp3) is 0.0952. The van der Waals surface area contributed by atoms with E-state index in [2.05, 4.69) is 10.5 Å². The van der Waals surface area contributed by atoms with Gasteiger partial charge in [-0.15, -0.1) is 0 Å². The molecule has 4 rings (SSSR count). The number of anilines is 1. The first-order valence-electron chi connectivity index (χ1n) is 8.91. The van der Waals surface area contributed by atoms with Crippen LogP contribution in [0.4, 0.5) is 14.6 Å². The third-order valence-electron chi connectivity index (χ3n) is 4.65. The van der Waals surface area contributed by atoms with Crippen molar-refractivity contribution in [1.29, 1.82) is 0 Å². The monoisotopic (exact) mass is 449 g/mol. The zero-order valence-corrected chi connectivity index (χ0v) is 16.8. The lowest BCUT2D eigenvalue weighted by Gasteiger charge is -2.17. The molecule has 0 bridgehead atoms. The third-order valence-corrected chi connectivity index (χ3v) is 5.20. The molecule has 3 aromatic rings. The van der Waals surface area contributed by atoms with Crippen LogP contribution in [0.1, 0.15) is 11.7 Å². The quantitative estimate of drug-likeness (QED) is 0.470. The fourth-order valence-corrected chi connectivity index (χ4v) is 3.76. The summed E-state index contributed by atoms with van der Waals surface area (Å²) >= 11 is 12.3. The van der Waals surface area contributed by atoms with Crippen LogP contribution in [0, 0.1) is 0 Å². The molecular weight excluding hydrogens is 435 g/mol. The van der Waals surface area contributed by atoms with Crippen molar-refractivity contribution in [3.63, 3.8) is 0 Å². The number of rotatable bonds is 5. The van der Waals surface area contributed by atoms with E-state index in [1.165, 1.54) is 24.3 Å². The number of nitrogens with zero attached hydrogens (tertiary/aromatic N) is 2. The van der Waals surface area contributed by atoms with E-state index in [1.807, 2.05) is 6.08 Å². The molecule has 0 fully saturated rings. The number of benzene rings is 2. The number of dihydropyridines is 1. The molecule has 1 aliphatic heterocycles. The van der Waals surface area contributed by atoms with Crippen molar-refractivity contribution < 1.29 is 18.6 Å². The lowest BCUT2D eigenvalue weighted by atomic mass is 9.93. The second kappa shape index (κ2) is 8.47. The highest BCUT2D eigenvalue weighted by atomic mass is 35.5. The summed E-state index contributed by atoms with van der Waals surface area (Å²) in [4.78, 5) is 0. The maximum atomic E-state index is 13.5. The van der Waals surface area contributed by atoms with E-state index in [-0.39, 0.29) is 33.3 Å². The number of nitrogens with one attached hydrogen (secondary N) is 1. The number of halogens is 4. The van der Waals surface area contributed by atoms with E-state index >= 15 is 0 Å². The third kappa shape index (κ3) is 3.79. The van der Waals surface area contributed by atoms with Gasteiger partial charge in [0.1, 0.15) is 17.5 Å². The molecule has 0 amide bonds. The van der Waals surface area contributed by atoms with Gasteiger partial charge in [-0.25, -0.2) is 0 Å². The van der Waals surface area contributed by atoms with E-state index < -0.39 is 11.4 Å². The number of aliphatic hydroxyl groups is 1. The Kier molecular flexibility index (Phi) is 5.76. The average molecular weight is 450 g/mol. The molecular formula is C21H15Cl2F2N3O2. The molecule has 1 aliphatic rings. The van der Waals surface area contributed by atoms with Gasteiger partial charge >= 0.3 is 0 Å². The Morgan fingerprint density at radius 3 is 2.63 bits per heavy atom. The Morgan fingerprint density at radius 2 is 1.93 bits per heavy atom. The Labute approximate surface area is 180 Å². The Bertz CT molecular complexity index is 1150. The van der Waals surface area contributed by atoms with Gasteiger partial charge in [-0.1, -0.05) is 61.6 Å². The molecule has 30 heavy (non-hydrogen) atoms. The summed E-state index contributed by atoms with van der Waals surface area (Å²) < 4.78 is 32.4. The summed E-state index contributed by atoms with van der Waals surface area (Å²) in [5.41, 5.74) is 1.11. The van der Waals surface area contributed by atoms with Crippen molar-refractivity contribution in [3.05, 3.63) is 82.0 Å². The standard InChI is InChI=1S/C21H15Cl2F2N3O2/c22-13-7-8-14(16(23)10-13)19-18(20(29)12-4-3-9-26-11-12)21(30-27-19)15-5-1-2-6-17(15)28(24)25/h1-8,10-11,20,26,29H,9H2. The van der Waals surface area contributed by atoms with Gasteiger partial charge in [-0.05, 0) is 35.7 Å². The molecule has 1 aromatic heterocycles. The zero-order valence-electron chi connectivity index (χ0n) is 15.3. The van der Waals surface area contributed by atoms with Crippen molar-refractivity contribution in [1.82, 2.24) is 10.5 Å². The lowest BCUT2D eigenvalue weighted by Crippen LogP contribution is -2.13. The Hall–Kier alpha value is -2.87. The summed E-state index contributed by atoms with van der Waals surface area (Å²) in [5, 5.41) is 17.9. The second-order valence-electron chi connectivity index (χ2n) is 6.51. The van der Waals surface area contributed by atoms with Crippen molar-refractivity contribution in [2.75, 3.05) is 11.9 Å². The van der Waals surface area contributed by atoms with E-state index in [0.29, 0.717) is 22.7 Å². The maximum Gasteiger partial charge on any atom is 0.175 e. The molecule has 1 atom stereocenters. The first-order chi connectivity index (χ1) is 14.5. The number of aliphatic hydroxyl groups excluding tert-OH is 1. The highest BCUT2D eigenvalue weighted by Crippen LogP contribution is 2.44. The predicted octanol–water partition coefficient (Wildman–Crippen LogP) is 5.97. The summed E-state index contributed by atoms with van der Waals surface area (Å²) in [5.74, 6) is 0.0132. The highest BCUT2D eigenvalue weighted by Gasteiger charge is 2.30. The van der Waals surface area contributed by atoms with E-state index in [0.717, 1.165) is 0 Å². The van der Waals surface area contributed by atoms with Gasteiger partial charge < -0.3 is 14.9 Å². The number of aromatic nitrogens is 1. The largest absolute Gasteiger partial charge is 0.387 e. The summed E-state index contributed by atoms with van der Waals surface area (Å²) in [6, 6.07) is 10.6. The van der Waals surface area contributed by atoms with Crippen molar-refractivity contribution in [2.24, 2.45) is 0 Å². The van der Waals surface area contributed by atoms with E-state index in [1.54, 1.807) is 30.5 Å². The van der Waals surface area contributed by atoms with Gasteiger partial charge in [0.25, 0.3) is 0 Å².